The zero-order valence-corrected chi connectivity index (χ0v) is 11.7. The number of aliphatic carboxylic acids is 1. The summed E-state index contributed by atoms with van der Waals surface area (Å²) in [5, 5.41) is 14.8. The molecule has 1 aliphatic heterocycles. The van der Waals surface area contributed by atoms with E-state index < -0.39 is 24.3 Å². The number of nitrogens with one attached hydrogen (secondary N) is 2. The first-order valence-electron chi connectivity index (χ1n) is 6.32. The van der Waals surface area contributed by atoms with Crippen molar-refractivity contribution in [2.24, 2.45) is 0 Å². The molecule has 1 aliphatic rings. The topological polar surface area (TPSA) is 117 Å². The Balaban J connectivity index is 2.21. The molecule has 8 heteroatoms. The number of carboxylic acid groups (broad SMARTS) is 1. The van der Waals surface area contributed by atoms with Crippen molar-refractivity contribution in [3.05, 3.63) is 29.5 Å². The molecule has 0 fully saturated rings. The SMILES string of the molecule is CC(=O)N/C(=C/c1ccc2c(c1)OCO2)C(=O)NCC(=O)[O-]. The molecule has 0 atom stereocenters. The number of benzene rings is 1. The van der Waals surface area contributed by atoms with Gasteiger partial charge in [-0.15, -0.1) is 0 Å². The Hall–Kier alpha value is -3.03. The lowest BCUT2D eigenvalue weighted by Gasteiger charge is -2.10. The summed E-state index contributed by atoms with van der Waals surface area (Å²) in [5.74, 6) is -1.53. The number of ether oxygens (including phenoxy) is 2. The summed E-state index contributed by atoms with van der Waals surface area (Å²) in [6.45, 7) is 0.698. The highest BCUT2D eigenvalue weighted by Gasteiger charge is 2.15. The number of amides is 2. The minimum absolute atomic E-state index is 0.0902. The molecule has 2 rings (SSSR count). The second kappa shape index (κ2) is 6.61. The zero-order chi connectivity index (χ0) is 16.1. The van der Waals surface area contributed by atoms with Gasteiger partial charge in [-0.1, -0.05) is 6.07 Å². The number of carboxylic acids is 1. The average Bonchev–Trinajstić information content (AvgIpc) is 2.91. The van der Waals surface area contributed by atoms with Crippen molar-refractivity contribution in [1.82, 2.24) is 10.6 Å². The fourth-order valence-electron chi connectivity index (χ4n) is 1.77. The monoisotopic (exact) mass is 305 g/mol. The number of carbonyl (C=O) groups excluding carboxylic acids is 3. The molecular formula is C14H13N2O6-. The lowest BCUT2D eigenvalue weighted by molar-refractivity contribution is -0.303. The summed E-state index contributed by atoms with van der Waals surface area (Å²) in [5.41, 5.74) is 0.490. The zero-order valence-electron chi connectivity index (χ0n) is 11.7. The van der Waals surface area contributed by atoms with E-state index in [0.29, 0.717) is 17.1 Å². The lowest BCUT2D eigenvalue weighted by atomic mass is 10.1. The molecule has 2 N–H and O–H groups in total. The van der Waals surface area contributed by atoms with Crippen molar-refractivity contribution in [3.63, 3.8) is 0 Å². The molecule has 0 spiro atoms. The van der Waals surface area contributed by atoms with Gasteiger partial charge in [0, 0.05) is 6.92 Å². The van der Waals surface area contributed by atoms with E-state index in [0.717, 1.165) is 0 Å². The largest absolute Gasteiger partial charge is 0.548 e. The Morgan fingerprint density at radius 1 is 1.27 bits per heavy atom. The van der Waals surface area contributed by atoms with Crippen molar-refractivity contribution < 1.29 is 29.0 Å². The van der Waals surface area contributed by atoms with Crippen LogP contribution in [-0.4, -0.2) is 31.1 Å². The number of fused-ring (bicyclic) bond motifs is 1. The third-order valence-corrected chi connectivity index (χ3v) is 2.66. The molecular weight excluding hydrogens is 292 g/mol. The fraction of sp³-hybridized carbons (Fsp3) is 0.214. The average molecular weight is 305 g/mol. The van der Waals surface area contributed by atoms with Gasteiger partial charge in [-0.25, -0.2) is 0 Å². The van der Waals surface area contributed by atoms with Crippen LogP contribution in [-0.2, 0) is 14.4 Å². The van der Waals surface area contributed by atoms with Crippen LogP contribution in [0.25, 0.3) is 6.08 Å². The maximum absolute atomic E-state index is 11.9. The molecule has 1 aromatic carbocycles. The van der Waals surface area contributed by atoms with E-state index in [9.17, 15) is 19.5 Å². The van der Waals surface area contributed by atoms with Gasteiger partial charge in [0.15, 0.2) is 11.5 Å². The van der Waals surface area contributed by atoms with Gasteiger partial charge in [0.25, 0.3) is 5.91 Å². The minimum Gasteiger partial charge on any atom is -0.548 e. The summed E-state index contributed by atoms with van der Waals surface area (Å²) in [4.78, 5) is 33.4. The number of hydrogen-bond donors (Lipinski definition) is 2. The second-order valence-electron chi connectivity index (χ2n) is 4.41. The Labute approximate surface area is 125 Å². The van der Waals surface area contributed by atoms with Crippen molar-refractivity contribution in [2.75, 3.05) is 13.3 Å². The third-order valence-electron chi connectivity index (χ3n) is 2.66. The van der Waals surface area contributed by atoms with E-state index in [2.05, 4.69) is 10.6 Å². The van der Waals surface area contributed by atoms with E-state index in [4.69, 9.17) is 9.47 Å². The maximum atomic E-state index is 11.9. The number of hydrogen-bond acceptors (Lipinski definition) is 6. The van der Waals surface area contributed by atoms with Crippen LogP contribution in [0.3, 0.4) is 0 Å². The molecule has 0 saturated carbocycles. The first-order chi connectivity index (χ1) is 10.5. The second-order valence-corrected chi connectivity index (χ2v) is 4.41. The number of rotatable bonds is 5. The van der Waals surface area contributed by atoms with Crippen LogP contribution in [0.2, 0.25) is 0 Å². The predicted octanol–water partition coefficient (Wildman–Crippen LogP) is -1.24. The molecule has 1 aromatic rings. The van der Waals surface area contributed by atoms with Crippen molar-refractivity contribution in [3.8, 4) is 11.5 Å². The first-order valence-corrected chi connectivity index (χ1v) is 6.32. The fourth-order valence-corrected chi connectivity index (χ4v) is 1.77. The van der Waals surface area contributed by atoms with Crippen molar-refractivity contribution in [2.45, 2.75) is 6.92 Å². The smallest absolute Gasteiger partial charge is 0.268 e. The summed E-state index contributed by atoms with van der Waals surface area (Å²) < 4.78 is 10.4. The Morgan fingerprint density at radius 2 is 2.00 bits per heavy atom. The molecule has 2 amide bonds. The van der Waals surface area contributed by atoms with E-state index in [1.807, 2.05) is 0 Å². The summed E-state index contributed by atoms with van der Waals surface area (Å²) in [6.07, 6.45) is 1.40. The van der Waals surface area contributed by atoms with Crippen LogP contribution in [0.4, 0.5) is 0 Å². The van der Waals surface area contributed by atoms with Crippen molar-refractivity contribution >= 4 is 23.9 Å². The quantitative estimate of drug-likeness (QED) is 0.657. The van der Waals surface area contributed by atoms with Gasteiger partial charge >= 0.3 is 0 Å². The van der Waals surface area contributed by atoms with Gasteiger partial charge in [0.05, 0.1) is 12.5 Å². The summed E-state index contributed by atoms with van der Waals surface area (Å²) in [7, 11) is 0. The minimum atomic E-state index is -1.43. The highest BCUT2D eigenvalue weighted by atomic mass is 16.7. The first kappa shape index (κ1) is 15.4. The predicted molar refractivity (Wildman–Crippen MR) is 72.4 cm³/mol. The van der Waals surface area contributed by atoms with Gasteiger partial charge in [-0.3, -0.25) is 9.59 Å². The van der Waals surface area contributed by atoms with Gasteiger partial charge in [-0.2, -0.15) is 0 Å². The Bertz CT molecular complexity index is 653. The molecule has 116 valence electrons. The molecule has 0 unspecified atom stereocenters. The molecule has 8 nitrogen and oxygen atoms in total. The van der Waals surface area contributed by atoms with Gasteiger partial charge in [-0.05, 0) is 23.8 Å². The molecule has 0 aliphatic carbocycles. The third kappa shape index (κ3) is 3.98. The molecule has 0 radical (unpaired) electrons. The standard InChI is InChI=1S/C14H14N2O6/c1-8(17)16-10(14(20)15-6-13(18)19)4-9-2-3-11-12(5-9)22-7-21-11/h2-5H,6-7H2,1H3,(H,15,20)(H,16,17)(H,18,19)/p-1/b10-4+. The molecule has 0 saturated heterocycles. The van der Waals surface area contributed by atoms with E-state index >= 15 is 0 Å². The maximum Gasteiger partial charge on any atom is 0.268 e. The van der Waals surface area contributed by atoms with Gasteiger partial charge < -0.3 is 30.0 Å². The van der Waals surface area contributed by atoms with E-state index in [1.54, 1.807) is 18.2 Å². The normalized spacial score (nSPS) is 12.7. The van der Waals surface area contributed by atoms with Crippen LogP contribution in [0, 0.1) is 0 Å². The van der Waals surface area contributed by atoms with E-state index in [1.165, 1.54) is 13.0 Å². The summed E-state index contributed by atoms with van der Waals surface area (Å²) in [6, 6.07) is 4.97. The van der Waals surface area contributed by atoms with Crippen LogP contribution in [0.1, 0.15) is 12.5 Å². The van der Waals surface area contributed by atoms with E-state index in [-0.39, 0.29) is 12.5 Å². The van der Waals surface area contributed by atoms with Gasteiger partial charge in [0.2, 0.25) is 12.7 Å². The highest BCUT2D eigenvalue weighted by Crippen LogP contribution is 2.32. The Morgan fingerprint density at radius 3 is 2.68 bits per heavy atom. The molecule has 22 heavy (non-hydrogen) atoms. The van der Waals surface area contributed by atoms with Gasteiger partial charge in [0.1, 0.15) is 5.70 Å². The van der Waals surface area contributed by atoms with Crippen molar-refractivity contribution in [1.29, 1.82) is 0 Å². The number of carbonyl (C=O) groups is 3. The highest BCUT2D eigenvalue weighted by molar-refractivity contribution is 6.01. The Kier molecular flexibility index (Phi) is 4.62. The summed E-state index contributed by atoms with van der Waals surface area (Å²) >= 11 is 0. The van der Waals surface area contributed by atoms with Crippen LogP contribution >= 0.6 is 0 Å². The van der Waals surface area contributed by atoms with Crippen LogP contribution in [0.5, 0.6) is 11.5 Å². The molecule has 0 bridgehead atoms. The molecule has 1 heterocycles. The molecule has 0 aromatic heterocycles. The van der Waals surface area contributed by atoms with Crippen LogP contribution < -0.4 is 25.2 Å². The van der Waals surface area contributed by atoms with Crippen LogP contribution in [0.15, 0.2) is 23.9 Å². The lowest BCUT2D eigenvalue weighted by Crippen LogP contribution is -2.41.